The lowest BCUT2D eigenvalue weighted by Crippen LogP contribution is -2.12. The van der Waals surface area contributed by atoms with Gasteiger partial charge in [-0.05, 0) is 49.4 Å². The van der Waals surface area contributed by atoms with Crippen molar-refractivity contribution < 1.29 is 4.79 Å². The number of nitrogens with one attached hydrogen (secondary N) is 2. The molecule has 0 unspecified atom stereocenters. The zero-order chi connectivity index (χ0) is 23.0. The largest absolute Gasteiger partial charge is 0.378 e. The zero-order valence-corrected chi connectivity index (χ0v) is 20.6. The van der Waals surface area contributed by atoms with Gasteiger partial charge in [0.05, 0.1) is 6.54 Å². The second-order valence-corrected chi connectivity index (χ2v) is 9.42. The smallest absolute Gasteiger partial charge is 0.225 e. The highest BCUT2D eigenvalue weighted by molar-refractivity contribution is 9.10. The SMILES string of the molecule is Cc1ccc(NCc2nnc(SCCC(=O)Nc3cccc(Br)c3)n2-c2ccccc2)cc1. The van der Waals surface area contributed by atoms with Gasteiger partial charge in [-0.25, -0.2) is 0 Å². The fourth-order valence-corrected chi connectivity index (χ4v) is 4.53. The first kappa shape index (κ1) is 23.1. The highest BCUT2D eigenvalue weighted by Crippen LogP contribution is 2.24. The molecule has 1 heterocycles. The molecule has 0 spiro atoms. The van der Waals surface area contributed by atoms with E-state index in [0.717, 1.165) is 32.5 Å². The van der Waals surface area contributed by atoms with Gasteiger partial charge in [-0.1, -0.05) is 69.7 Å². The van der Waals surface area contributed by atoms with E-state index < -0.39 is 0 Å². The lowest BCUT2D eigenvalue weighted by molar-refractivity contribution is -0.115. The molecule has 8 heteroatoms. The Labute approximate surface area is 206 Å². The Morgan fingerprint density at radius 2 is 1.76 bits per heavy atom. The van der Waals surface area contributed by atoms with E-state index in [-0.39, 0.29) is 5.91 Å². The third kappa shape index (κ3) is 6.46. The molecule has 4 rings (SSSR count). The molecule has 0 aliphatic carbocycles. The van der Waals surface area contributed by atoms with Gasteiger partial charge in [0.1, 0.15) is 0 Å². The molecule has 0 aliphatic rings. The van der Waals surface area contributed by atoms with Crippen molar-refractivity contribution in [3.63, 3.8) is 0 Å². The van der Waals surface area contributed by atoms with E-state index in [4.69, 9.17) is 0 Å². The number of aryl methyl sites for hydroxylation is 1. The van der Waals surface area contributed by atoms with Crippen LogP contribution in [0.25, 0.3) is 5.69 Å². The molecule has 0 fully saturated rings. The molecule has 4 aromatic rings. The van der Waals surface area contributed by atoms with Crippen molar-refractivity contribution in [3.8, 4) is 5.69 Å². The fraction of sp³-hybridized carbons (Fsp3) is 0.160. The normalized spacial score (nSPS) is 10.7. The van der Waals surface area contributed by atoms with Crippen molar-refractivity contribution >= 4 is 45.0 Å². The summed E-state index contributed by atoms with van der Waals surface area (Å²) >= 11 is 4.94. The molecule has 168 valence electrons. The second kappa shape index (κ2) is 11.2. The summed E-state index contributed by atoms with van der Waals surface area (Å²) in [4.78, 5) is 12.4. The van der Waals surface area contributed by atoms with Crippen LogP contribution >= 0.6 is 27.7 Å². The Bertz CT molecular complexity index is 1210. The Hall–Kier alpha value is -3.10. The summed E-state index contributed by atoms with van der Waals surface area (Å²) in [5.41, 5.74) is 4.01. The number of para-hydroxylation sites is 1. The van der Waals surface area contributed by atoms with Crippen LogP contribution in [0.5, 0.6) is 0 Å². The molecule has 0 aliphatic heterocycles. The van der Waals surface area contributed by atoms with Crippen molar-refractivity contribution in [2.75, 3.05) is 16.4 Å². The summed E-state index contributed by atoms with van der Waals surface area (Å²) < 4.78 is 2.97. The molecule has 0 bridgehead atoms. The molecule has 0 radical (unpaired) electrons. The third-order valence-corrected chi connectivity index (χ3v) is 6.31. The van der Waals surface area contributed by atoms with Crippen molar-refractivity contribution in [1.82, 2.24) is 14.8 Å². The third-order valence-electron chi connectivity index (χ3n) is 4.89. The van der Waals surface area contributed by atoms with Crippen LogP contribution < -0.4 is 10.6 Å². The van der Waals surface area contributed by atoms with Gasteiger partial charge < -0.3 is 10.6 Å². The number of carbonyl (C=O) groups is 1. The van der Waals surface area contributed by atoms with Gasteiger partial charge in [0.25, 0.3) is 0 Å². The summed E-state index contributed by atoms with van der Waals surface area (Å²) in [6.45, 7) is 2.60. The van der Waals surface area contributed by atoms with Crippen LogP contribution in [0.4, 0.5) is 11.4 Å². The zero-order valence-electron chi connectivity index (χ0n) is 18.2. The van der Waals surface area contributed by atoms with E-state index in [2.05, 4.69) is 68.0 Å². The van der Waals surface area contributed by atoms with E-state index in [9.17, 15) is 4.79 Å². The number of rotatable bonds is 9. The molecule has 33 heavy (non-hydrogen) atoms. The van der Waals surface area contributed by atoms with Crippen LogP contribution in [-0.2, 0) is 11.3 Å². The minimum atomic E-state index is -0.0346. The Morgan fingerprint density at radius 1 is 0.970 bits per heavy atom. The van der Waals surface area contributed by atoms with Gasteiger partial charge in [-0.15, -0.1) is 10.2 Å². The Morgan fingerprint density at radius 3 is 2.52 bits per heavy atom. The number of thioether (sulfide) groups is 1. The van der Waals surface area contributed by atoms with Gasteiger partial charge in [0.2, 0.25) is 5.91 Å². The lowest BCUT2D eigenvalue weighted by Gasteiger charge is -2.11. The standard InChI is InChI=1S/C25H24BrN5OS/c1-18-10-12-20(13-11-18)27-17-23-29-30-25(31(23)22-8-3-2-4-9-22)33-15-14-24(32)28-21-7-5-6-19(26)16-21/h2-13,16,27H,14-15,17H2,1H3,(H,28,32). The first-order valence-electron chi connectivity index (χ1n) is 10.6. The van der Waals surface area contributed by atoms with Crippen molar-refractivity contribution in [2.45, 2.75) is 25.0 Å². The number of benzene rings is 3. The summed E-state index contributed by atoms with van der Waals surface area (Å²) in [5, 5.41) is 15.9. The molecule has 0 saturated carbocycles. The van der Waals surface area contributed by atoms with Crippen LogP contribution in [-0.4, -0.2) is 26.4 Å². The van der Waals surface area contributed by atoms with Gasteiger partial charge in [0.15, 0.2) is 11.0 Å². The average molecular weight is 522 g/mol. The number of aromatic nitrogens is 3. The molecule has 1 aromatic heterocycles. The maximum Gasteiger partial charge on any atom is 0.225 e. The highest BCUT2D eigenvalue weighted by atomic mass is 79.9. The first-order chi connectivity index (χ1) is 16.1. The number of nitrogens with zero attached hydrogens (tertiary/aromatic N) is 3. The second-order valence-electron chi connectivity index (χ2n) is 7.45. The summed E-state index contributed by atoms with van der Waals surface area (Å²) in [6, 6.07) is 25.9. The molecular weight excluding hydrogens is 498 g/mol. The summed E-state index contributed by atoms with van der Waals surface area (Å²) in [6.07, 6.45) is 0.371. The van der Waals surface area contributed by atoms with Crippen LogP contribution in [0.2, 0.25) is 0 Å². The van der Waals surface area contributed by atoms with Gasteiger partial charge in [-0.2, -0.15) is 0 Å². The quantitative estimate of drug-likeness (QED) is 0.261. The molecular formula is C25H24BrN5OS. The van der Waals surface area contributed by atoms with Crippen molar-refractivity contribution in [3.05, 3.63) is 94.7 Å². The number of hydrogen-bond donors (Lipinski definition) is 2. The number of halogens is 1. The maximum absolute atomic E-state index is 12.4. The van der Waals surface area contributed by atoms with Crippen molar-refractivity contribution in [2.24, 2.45) is 0 Å². The molecule has 3 aromatic carbocycles. The van der Waals surface area contributed by atoms with E-state index in [0.29, 0.717) is 18.7 Å². The van der Waals surface area contributed by atoms with Gasteiger partial charge >= 0.3 is 0 Å². The van der Waals surface area contributed by atoms with E-state index in [1.54, 1.807) is 0 Å². The average Bonchev–Trinajstić information content (AvgIpc) is 3.22. The maximum atomic E-state index is 12.4. The van der Waals surface area contributed by atoms with Crippen LogP contribution in [0.3, 0.4) is 0 Å². The Balaban J connectivity index is 1.42. The molecule has 0 saturated heterocycles. The van der Waals surface area contributed by atoms with Crippen molar-refractivity contribution in [1.29, 1.82) is 0 Å². The molecule has 0 atom stereocenters. The Kier molecular flexibility index (Phi) is 7.80. The molecule has 2 N–H and O–H groups in total. The van der Waals surface area contributed by atoms with Gasteiger partial charge in [0, 0.05) is 33.7 Å². The first-order valence-corrected chi connectivity index (χ1v) is 12.3. The fourth-order valence-electron chi connectivity index (χ4n) is 3.22. The predicted molar refractivity (Wildman–Crippen MR) is 138 cm³/mol. The molecule has 1 amide bonds. The van der Waals surface area contributed by atoms with E-state index in [1.165, 1.54) is 17.3 Å². The minimum Gasteiger partial charge on any atom is -0.378 e. The lowest BCUT2D eigenvalue weighted by atomic mass is 10.2. The minimum absolute atomic E-state index is 0.0346. The molecule has 6 nitrogen and oxygen atoms in total. The highest BCUT2D eigenvalue weighted by Gasteiger charge is 2.15. The number of carbonyl (C=O) groups excluding carboxylic acids is 1. The number of anilines is 2. The van der Waals surface area contributed by atoms with E-state index >= 15 is 0 Å². The summed E-state index contributed by atoms with van der Waals surface area (Å²) in [5.74, 6) is 1.37. The van der Waals surface area contributed by atoms with Crippen LogP contribution in [0.1, 0.15) is 17.8 Å². The van der Waals surface area contributed by atoms with Gasteiger partial charge in [-0.3, -0.25) is 9.36 Å². The monoisotopic (exact) mass is 521 g/mol. The van der Waals surface area contributed by atoms with Crippen LogP contribution in [0, 0.1) is 6.92 Å². The number of amides is 1. The topological polar surface area (TPSA) is 71.8 Å². The number of hydrogen-bond acceptors (Lipinski definition) is 5. The summed E-state index contributed by atoms with van der Waals surface area (Å²) in [7, 11) is 0. The van der Waals surface area contributed by atoms with E-state index in [1.807, 2.05) is 59.2 Å². The van der Waals surface area contributed by atoms with Crippen LogP contribution in [0.15, 0.2) is 88.5 Å². The predicted octanol–water partition coefficient (Wildman–Crippen LogP) is 6.07.